The van der Waals surface area contributed by atoms with Crippen molar-refractivity contribution in [3.05, 3.63) is 28.5 Å². The second kappa shape index (κ2) is 7.28. The summed E-state index contributed by atoms with van der Waals surface area (Å²) in [6.07, 6.45) is 2.34. The molecule has 1 aromatic heterocycles. The number of hydrogen-bond donors (Lipinski definition) is 2. The Labute approximate surface area is 130 Å². The van der Waals surface area contributed by atoms with Gasteiger partial charge in [0.2, 0.25) is 5.91 Å². The molecule has 2 atom stereocenters. The number of primary amides is 1. The highest BCUT2D eigenvalue weighted by molar-refractivity contribution is 9.10. The SMILES string of the molecule is CC(C)(C)S(=O)N[C@@H](CCC(N)=O)c1cc(Br)ccn1. The zero-order valence-electron chi connectivity index (χ0n) is 11.9. The van der Waals surface area contributed by atoms with Crippen LogP contribution < -0.4 is 10.5 Å². The summed E-state index contributed by atoms with van der Waals surface area (Å²) in [6.45, 7) is 5.65. The lowest BCUT2D eigenvalue weighted by Gasteiger charge is -2.24. The van der Waals surface area contributed by atoms with Crippen LogP contribution in [0, 0.1) is 0 Å². The van der Waals surface area contributed by atoms with Crippen LogP contribution in [-0.4, -0.2) is 19.8 Å². The van der Waals surface area contributed by atoms with Gasteiger partial charge >= 0.3 is 0 Å². The van der Waals surface area contributed by atoms with E-state index in [1.54, 1.807) is 6.20 Å². The van der Waals surface area contributed by atoms with Gasteiger partial charge in [0, 0.05) is 17.1 Å². The number of pyridine rings is 1. The largest absolute Gasteiger partial charge is 0.370 e. The van der Waals surface area contributed by atoms with E-state index in [2.05, 4.69) is 25.6 Å². The van der Waals surface area contributed by atoms with Gasteiger partial charge in [-0.15, -0.1) is 0 Å². The van der Waals surface area contributed by atoms with Crippen molar-refractivity contribution in [1.82, 2.24) is 9.71 Å². The fraction of sp³-hybridized carbons (Fsp3) is 0.538. The number of nitrogens with zero attached hydrogens (tertiary/aromatic N) is 1. The number of nitrogens with one attached hydrogen (secondary N) is 1. The molecule has 5 nitrogen and oxygen atoms in total. The lowest BCUT2D eigenvalue weighted by atomic mass is 10.1. The Hall–Kier alpha value is -0.790. The minimum atomic E-state index is -1.25. The van der Waals surface area contributed by atoms with Crippen LogP contribution in [-0.2, 0) is 15.8 Å². The maximum absolute atomic E-state index is 12.2. The van der Waals surface area contributed by atoms with Crippen molar-refractivity contribution >= 4 is 32.8 Å². The lowest BCUT2D eigenvalue weighted by Crippen LogP contribution is -2.36. The summed E-state index contributed by atoms with van der Waals surface area (Å²) in [5.41, 5.74) is 5.93. The van der Waals surface area contributed by atoms with Gasteiger partial charge < -0.3 is 5.73 Å². The molecule has 1 unspecified atom stereocenters. The smallest absolute Gasteiger partial charge is 0.217 e. The molecular formula is C13H20BrN3O2S. The normalized spacial score (nSPS) is 14.8. The van der Waals surface area contributed by atoms with E-state index in [1.165, 1.54) is 0 Å². The fourth-order valence-corrected chi connectivity index (χ4v) is 2.67. The van der Waals surface area contributed by atoms with Crippen molar-refractivity contribution in [1.29, 1.82) is 0 Å². The Balaban J connectivity index is 2.91. The van der Waals surface area contributed by atoms with Gasteiger partial charge in [-0.2, -0.15) is 0 Å². The lowest BCUT2D eigenvalue weighted by molar-refractivity contribution is -0.118. The van der Waals surface area contributed by atoms with Crippen LogP contribution in [0.15, 0.2) is 22.8 Å². The minimum Gasteiger partial charge on any atom is -0.370 e. The third-order valence-corrected chi connectivity index (χ3v) is 4.69. The van der Waals surface area contributed by atoms with E-state index in [4.69, 9.17) is 5.73 Å². The first-order valence-corrected chi connectivity index (χ1v) is 8.22. The third-order valence-electron chi connectivity index (χ3n) is 2.59. The molecule has 1 amide bonds. The molecule has 0 radical (unpaired) electrons. The van der Waals surface area contributed by atoms with Gasteiger partial charge in [0.1, 0.15) is 0 Å². The number of nitrogens with two attached hydrogens (primary N) is 1. The summed E-state index contributed by atoms with van der Waals surface area (Å²) in [5.74, 6) is -0.381. The molecule has 1 rings (SSSR count). The van der Waals surface area contributed by atoms with E-state index >= 15 is 0 Å². The van der Waals surface area contributed by atoms with Crippen molar-refractivity contribution in [2.75, 3.05) is 0 Å². The van der Waals surface area contributed by atoms with Crippen LogP contribution in [0.2, 0.25) is 0 Å². The number of amides is 1. The molecular weight excluding hydrogens is 342 g/mol. The number of halogens is 1. The van der Waals surface area contributed by atoms with Crippen LogP contribution in [0.4, 0.5) is 0 Å². The molecule has 3 N–H and O–H groups in total. The molecule has 0 spiro atoms. The maximum atomic E-state index is 12.2. The van der Waals surface area contributed by atoms with E-state index in [9.17, 15) is 9.00 Å². The summed E-state index contributed by atoms with van der Waals surface area (Å²) in [7, 11) is -1.25. The monoisotopic (exact) mass is 361 g/mol. The summed E-state index contributed by atoms with van der Waals surface area (Å²) >= 11 is 3.38. The van der Waals surface area contributed by atoms with Crippen LogP contribution in [0.25, 0.3) is 0 Å². The van der Waals surface area contributed by atoms with Gasteiger partial charge in [-0.05, 0) is 39.3 Å². The first-order valence-electron chi connectivity index (χ1n) is 6.28. The number of carbonyl (C=O) groups excluding carboxylic acids is 1. The molecule has 0 saturated heterocycles. The van der Waals surface area contributed by atoms with E-state index in [-0.39, 0.29) is 18.4 Å². The van der Waals surface area contributed by atoms with E-state index in [0.29, 0.717) is 6.42 Å². The van der Waals surface area contributed by atoms with Crippen LogP contribution in [0.5, 0.6) is 0 Å². The minimum absolute atomic E-state index is 0.215. The van der Waals surface area contributed by atoms with Gasteiger partial charge in [-0.1, -0.05) is 15.9 Å². The van der Waals surface area contributed by atoms with E-state index in [1.807, 2.05) is 32.9 Å². The molecule has 0 aliphatic rings. The molecule has 1 heterocycles. The molecule has 0 saturated carbocycles. The highest BCUT2D eigenvalue weighted by Crippen LogP contribution is 2.22. The topological polar surface area (TPSA) is 85.1 Å². The predicted molar refractivity (Wildman–Crippen MR) is 84.1 cm³/mol. The average molecular weight is 362 g/mol. The first kappa shape index (κ1) is 17.3. The standard InChI is InChI=1S/C13H20BrN3O2S/c1-13(2,3)20(19)17-10(4-5-12(15)18)11-8-9(14)6-7-16-11/h6-8,10,17H,4-5H2,1-3H3,(H2,15,18)/t10-,20?/m0/s1. The van der Waals surface area contributed by atoms with E-state index < -0.39 is 15.7 Å². The van der Waals surface area contributed by atoms with Crippen molar-refractivity contribution in [3.8, 4) is 0 Å². The van der Waals surface area contributed by atoms with Gasteiger partial charge in [0.15, 0.2) is 0 Å². The molecule has 0 aliphatic heterocycles. The Bertz CT molecular complexity index is 503. The predicted octanol–water partition coefficient (Wildman–Crippen LogP) is 2.20. The van der Waals surface area contributed by atoms with Crippen LogP contribution in [0.3, 0.4) is 0 Å². The zero-order chi connectivity index (χ0) is 15.3. The molecule has 20 heavy (non-hydrogen) atoms. The molecule has 0 bridgehead atoms. The highest BCUT2D eigenvalue weighted by atomic mass is 79.9. The Morgan fingerprint density at radius 2 is 2.20 bits per heavy atom. The fourth-order valence-electron chi connectivity index (χ4n) is 1.47. The summed E-state index contributed by atoms with van der Waals surface area (Å²) < 4.78 is 15.8. The second-order valence-corrected chi connectivity index (χ2v) is 8.37. The Morgan fingerprint density at radius 1 is 1.55 bits per heavy atom. The number of carbonyl (C=O) groups is 1. The molecule has 1 aromatic rings. The van der Waals surface area contributed by atoms with Gasteiger partial charge in [0.05, 0.1) is 27.5 Å². The molecule has 7 heteroatoms. The average Bonchev–Trinajstić information content (AvgIpc) is 2.32. The molecule has 0 fully saturated rings. The van der Waals surface area contributed by atoms with Gasteiger partial charge in [0.25, 0.3) is 0 Å². The first-order chi connectivity index (χ1) is 9.20. The molecule has 0 aliphatic carbocycles. The quantitative estimate of drug-likeness (QED) is 0.814. The summed E-state index contributed by atoms with van der Waals surface area (Å²) in [5, 5.41) is 0. The van der Waals surface area contributed by atoms with Crippen molar-refractivity contribution in [2.45, 2.75) is 44.4 Å². The van der Waals surface area contributed by atoms with Gasteiger partial charge in [-0.3, -0.25) is 9.78 Å². The number of aromatic nitrogens is 1. The summed E-state index contributed by atoms with van der Waals surface area (Å²) in [6, 6.07) is 3.38. The number of rotatable bonds is 6. The zero-order valence-corrected chi connectivity index (χ0v) is 14.3. The second-order valence-electron chi connectivity index (χ2n) is 5.46. The van der Waals surface area contributed by atoms with Crippen molar-refractivity contribution in [2.24, 2.45) is 5.73 Å². The summed E-state index contributed by atoms with van der Waals surface area (Å²) in [4.78, 5) is 15.2. The van der Waals surface area contributed by atoms with Crippen molar-refractivity contribution < 1.29 is 9.00 Å². The highest BCUT2D eigenvalue weighted by Gasteiger charge is 2.24. The molecule has 0 aromatic carbocycles. The van der Waals surface area contributed by atoms with E-state index in [0.717, 1.165) is 10.2 Å². The van der Waals surface area contributed by atoms with Gasteiger partial charge in [-0.25, -0.2) is 8.93 Å². The maximum Gasteiger partial charge on any atom is 0.217 e. The van der Waals surface area contributed by atoms with Crippen LogP contribution in [0.1, 0.15) is 45.3 Å². The third kappa shape index (κ3) is 5.68. The molecule has 112 valence electrons. The Kier molecular flexibility index (Phi) is 6.29. The Morgan fingerprint density at radius 3 is 2.70 bits per heavy atom. The van der Waals surface area contributed by atoms with Crippen LogP contribution >= 0.6 is 15.9 Å². The number of hydrogen-bond acceptors (Lipinski definition) is 3. The van der Waals surface area contributed by atoms with Crippen molar-refractivity contribution in [3.63, 3.8) is 0 Å².